The van der Waals surface area contributed by atoms with Crippen molar-refractivity contribution in [2.75, 3.05) is 21.3 Å². The third-order valence-corrected chi connectivity index (χ3v) is 1.74. The summed E-state index contributed by atoms with van der Waals surface area (Å²) in [6.07, 6.45) is 2.14. The van der Waals surface area contributed by atoms with E-state index in [0.29, 0.717) is 5.69 Å². The molecule has 0 radical (unpaired) electrons. The molecule has 0 fully saturated rings. The Morgan fingerprint density at radius 2 is 1.87 bits per heavy atom. The van der Waals surface area contributed by atoms with Crippen LogP contribution in [0.15, 0.2) is 12.4 Å². The molecule has 82 valence electrons. The lowest BCUT2D eigenvalue weighted by Gasteiger charge is -2.11. The Morgan fingerprint density at radius 3 is 2.27 bits per heavy atom. The number of methoxy groups -OCH3 is 3. The van der Waals surface area contributed by atoms with Crippen LogP contribution in [-0.2, 0) is 14.2 Å². The zero-order valence-corrected chi connectivity index (χ0v) is 8.76. The fourth-order valence-corrected chi connectivity index (χ4v) is 1.01. The highest BCUT2D eigenvalue weighted by Gasteiger charge is 2.13. The number of ether oxygens (including phenoxy) is 3. The van der Waals surface area contributed by atoms with Crippen molar-refractivity contribution in [3.63, 3.8) is 0 Å². The number of esters is 1. The first-order valence-corrected chi connectivity index (χ1v) is 4.18. The predicted molar refractivity (Wildman–Crippen MR) is 50.1 cm³/mol. The monoisotopic (exact) mass is 212 g/mol. The third-order valence-electron chi connectivity index (χ3n) is 1.74. The molecule has 0 atom stereocenters. The van der Waals surface area contributed by atoms with Crippen LogP contribution in [0.2, 0.25) is 0 Å². The largest absolute Gasteiger partial charge is 0.464 e. The Morgan fingerprint density at radius 1 is 1.20 bits per heavy atom. The van der Waals surface area contributed by atoms with Crippen molar-refractivity contribution in [2.45, 2.75) is 6.29 Å². The van der Waals surface area contributed by atoms with E-state index in [1.165, 1.54) is 33.7 Å². The first-order valence-electron chi connectivity index (χ1n) is 4.18. The van der Waals surface area contributed by atoms with Crippen LogP contribution >= 0.6 is 0 Å². The summed E-state index contributed by atoms with van der Waals surface area (Å²) in [6, 6.07) is 0. The van der Waals surface area contributed by atoms with Crippen LogP contribution in [0.4, 0.5) is 0 Å². The normalized spacial score (nSPS) is 10.4. The van der Waals surface area contributed by atoms with Crippen LogP contribution in [0.1, 0.15) is 22.5 Å². The van der Waals surface area contributed by atoms with Gasteiger partial charge in [0.2, 0.25) is 6.29 Å². The van der Waals surface area contributed by atoms with Crippen LogP contribution in [-0.4, -0.2) is 37.3 Å². The van der Waals surface area contributed by atoms with Gasteiger partial charge in [-0.2, -0.15) is 0 Å². The molecule has 0 saturated heterocycles. The molecule has 0 unspecified atom stereocenters. The van der Waals surface area contributed by atoms with Gasteiger partial charge in [-0.1, -0.05) is 0 Å². The van der Waals surface area contributed by atoms with Gasteiger partial charge in [-0.05, 0) is 0 Å². The summed E-state index contributed by atoms with van der Waals surface area (Å²) in [5.74, 6) is -0.527. The van der Waals surface area contributed by atoms with Crippen molar-refractivity contribution < 1.29 is 19.0 Å². The molecule has 0 aliphatic rings. The smallest absolute Gasteiger partial charge is 0.358 e. The molecule has 1 rings (SSSR count). The Bertz CT molecular complexity index is 321. The Labute approximate surface area is 87.2 Å². The second-order valence-electron chi connectivity index (χ2n) is 2.62. The summed E-state index contributed by atoms with van der Waals surface area (Å²) in [5, 5.41) is 0. The van der Waals surface area contributed by atoms with E-state index in [4.69, 9.17) is 9.47 Å². The van der Waals surface area contributed by atoms with Crippen molar-refractivity contribution in [3.05, 3.63) is 23.8 Å². The van der Waals surface area contributed by atoms with Crippen molar-refractivity contribution in [3.8, 4) is 0 Å². The predicted octanol–water partition coefficient (Wildman–Crippen LogP) is 0.555. The lowest BCUT2D eigenvalue weighted by atomic mass is 10.4. The number of aromatic nitrogens is 2. The average Bonchev–Trinajstić information content (AvgIpc) is 2.30. The molecule has 0 aliphatic heterocycles. The van der Waals surface area contributed by atoms with E-state index in [9.17, 15) is 4.79 Å². The van der Waals surface area contributed by atoms with Crippen LogP contribution in [0.3, 0.4) is 0 Å². The van der Waals surface area contributed by atoms with Gasteiger partial charge in [-0.15, -0.1) is 0 Å². The van der Waals surface area contributed by atoms with Crippen molar-refractivity contribution in [1.29, 1.82) is 0 Å². The maximum atomic E-state index is 11.0. The second kappa shape index (κ2) is 5.38. The summed E-state index contributed by atoms with van der Waals surface area (Å²) in [7, 11) is 4.26. The zero-order chi connectivity index (χ0) is 11.3. The van der Waals surface area contributed by atoms with E-state index < -0.39 is 12.3 Å². The number of carbonyl (C=O) groups is 1. The molecule has 0 N–H and O–H groups in total. The van der Waals surface area contributed by atoms with Gasteiger partial charge in [0, 0.05) is 14.2 Å². The van der Waals surface area contributed by atoms with Crippen molar-refractivity contribution >= 4 is 5.97 Å². The molecular weight excluding hydrogens is 200 g/mol. The van der Waals surface area contributed by atoms with Gasteiger partial charge in [0.1, 0.15) is 5.69 Å². The molecule has 6 nitrogen and oxygen atoms in total. The minimum absolute atomic E-state index is 0.146. The molecule has 6 heteroatoms. The van der Waals surface area contributed by atoms with E-state index in [1.807, 2.05) is 0 Å². The number of hydrogen-bond acceptors (Lipinski definition) is 6. The van der Waals surface area contributed by atoms with E-state index in [0.717, 1.165) is 0 Å². The fourth-order valence-electron chi connectivity index (χ4n) is 1.01. The highest BCUT2D eigenvalue weighted by atomic mass is 16.7. The first-order chi connectivity index (χ1) is 7.22. The highest BCUT2D eigenvalue weighted by Crippen LogP contribution is 2.13. The summed E-state index contributed by atoms with van der Waals surface area (Å²) < 4.78 is 14.4. The first kappa shape index (κ1) is 11.5. The summed E-state index contributed by atoms with van der Waals surface area (Å²) in [5.41, 5.74) is 0.639. The number of hydrogen-bond donors (Lipinski definition) is 0. The fraction of sp³-hybridized carbons (Fsp3) is 0.444. The molecular formula is C9H12N2O4. The zero-order valence-electron chi connectivity index (χ0n) is 8.76. The van der Waals surface area contributed by atoms with Crippen LogP contribution in [0, 0.1) is 0 Å². The second-order valence-corrected chi connectivity index (χ2v) is 2.62. The SMILES string of the molecule is COC(=O)c1cnc(C(OC)OC)cn1. The minimum atomic E-state index is -0.579. The molecule has 0 amide bonds. The van der Waals surface area contributed by atoms with Crippen LogP contribution in [0.5, 0.6) is 0 Å². The molecule has 1 heterocycles. The van der Waals surface area contributed by atoms with E-state index in [-0.39, 0.29) is 5.69 Å². The summed E-state index contributed by atoms with van der Waals surface area (Å²) >= 11 is 0. The van der Waals surface area contributed by atoms with Gasteiger partial charge < -0.3 is 14.2 Å². The van der Waals surface area contributed by atoms with Gasteiger partial charge in [0.15, 0.2) is 5.69 Å². The van der Waals surface area contributed by atoms with Gasteiger partial charge in [0.05, 0.1) is 19.5 Å². The van der Waals surface area contributed by atoms with Crippen molar-refractivity contribution in [2.24, 2.45) is 0 Å². The lowest BCUT2D eigenvalue weighted by Crippen LogP contribution is -2.10. The maximum Gasteiger partial charge on any atom is 0.358 e. The number of nitrogens with zero attached hydrogens (tertiary/aromatic N) is 2. The quantitative estimate of drug-likeness (QED) is 0.536. The topological polar surface area (TPSA) is 70.5 Å². The highest BCUT2D eigenvalue weighted by molar-refractivity contribution is 5.86. The standard InChI is InChI=1S/C9H12N2O4/c1-13-8(12)6-4-11-7(5-10-6)9(14-2)15-3/h4-5,9H,1-3H3. The van der Waals surface area contributed by atoms with Crippen molar-refractivity contribution in [1.82, 2.24) is 9.97 Å². The Balaban J connectivity index is 2.84. The third kappa shape index (κ3) is 2.71. The molecule has 15 heavy (non-hydrogen) atoms. The van der Waals surface area contributed by atoms with E-state index >= 15 is 0 Å². The Hall–Kier alpha value is -1.53. The summed E-state index contributed by atoms with van der Waals surface area (Å²) in [4.78, 5) is 18.9. The molecule has 0 aliphatic carbocycles. The van der Waals surface area contributed by atoms with Crippen LogP contribution in [0.25, 0.3) is 0 Å². The van der Waals surface area contributed by atoms with E-state index in [1.54, 1.807) is 0 Å². The van der Waals surface area contributed by atoms with Gasteiger partial charge >= 0.3 is 5.97 Å². The summed E-state index contributed by atoms with van der Waals surface area (Å²) in [6.45, 7) is 0. The molecule has 1 aromatic heterocycles. The molecule has 1 aromatic rings. The van der Waals surface area contributed by atoms with E-state index in [2.05, 4.69) is 14.7 Å². The molecule has 0 spiro atoms. The Kier molecular flexibility index (Phi) is 4.14. The number of carbonyl (C=O) groups excluding carboxylic acids is 1. The van der Waals surface area contributed by atoms with Gasteiger partial charge in [-0.25, -0.2) is 9.78 Å². The molecule has 0 saturated carbocycles. The van der Waals surface area contributed by atoms with Gasteiger partial charge in [0.25, 0.3) is 0 Å². The average molecular weight is 212 g/mol. The number of rotatable bonds is 4. The molecule has 0 bridgehead atoms. The minimum Gasteiger partial charge on any atom is -0.464 e. The maximum absolute atomic E-state index is 11.0. The lowest BCUT2D eigenvalue weighted by molar-refractivity contribution is -0.108. The van der Waals surface area contributed by atoms with Gasteiger partial charge in [-0.3, -0.25) is 4.98 Å². The molecule has 0 aromatic carbocycles. The van der Waals surface area contributed by atoms with Crippen LogP contribution < -0.4 is 0 Å².